The molecule has 4 rings (SSSR count). The lowest BCUT2D eigenvalue weighted by atomic mass is 10.1. The second-order valence-corrected chi connectivity index (χ2v) is 7.84. The lowest BCUT2D eigenvalue weighted by Crippen LogP contribution is -2.55. The number of fused-ring (bicyclic) bond motifs is 1. The normalized spacial score (nSPS) is 25.1. The Hall–Kier alpha value is -2.17. The average Bonchev–Trinajstić information content (AvgIpc) is 3.50. The number of morpholine rings is 1. The molecule has 2 atom stereocenters. The molecule has 0 radical (unpaired) electrons. The van der Waals surface area contributed by atoms with E-state index in [1.54, 1.807) is 6.92 Å². The van der Waals surface area contributed by atoms with Gasteiger partial charge in [-0.3, -0.25) is 14.2 Å². The van der Waals surface area contributed by atoms with Gasteiger partial charge in [0, 0.05) is 19.0 Å². The van der Waals surface area contributed by atoms with E-state index >= 15 is 0 Å². The number of Topliss-reactive ketones (excluding diaryl/α,β-unsaturated/α-hetero) is 1. The summed E-state index contributed by atoms with van der Waals surface area (Å²) in [7, 11) is 0. The molecule has 2 aliphatic heterocycles. The Morgan fingerprint density at radius 1 is 1.24 bits per heavy atom. The summed E-state index contributed by atoms with van der Waals surface area (Å²) in [6, 6.07) is -2.24. The third kappa shape index (κ3) is 3.72. The van der Waals surface area contributed by atoms with Crippen molar-refractivity contribution in [2.45, 2.75) is 51.0 Å². The highest BCUT2D eigenvalue weighted by Crippen LogP contribution is 2.37. The number of halogens is 4. The van der Waals surface area contributed by atoms with Crippen molar-refractivity contribution in [3.63, 3.8) is 0 Å². The van der Waals surface area contributed by atoms with E-state index in [0.29, 0.717) is 19.4 Å². The van der Waals surface area contributed by atoms with Crippen LogP contribution in [0.15, 0.2) is 4.79 Å². The lowest BCUT2D eigenvalue weighted by Gasteiger charge is -2.40. The summed E-state index contributed by atoms with van der Waals surface area (Å²) in [6.07, 6.45) is -3.73. The molecule has 11 heteroatoms. The zero-order chi connectivity index (χ0) is 20.9. The summed E-state index contributed by atoms with van der Waals surface area (Å²) in [5.41, 5.74) is -1.02. The average molecular weight is 418 g/mol. The Morgan fingerprint density at radius 3 is 2.59 bits per heavy atom. The summed E-state index contributed by atoms with van der Waals surface area (Å²) < 4.78 is 62.1. The lowest BCUT2D eigenvalue weighted by molar-refractivity contribution is -0.153. The van der Waals surface area contributed by atoms with Gasteiger partial charge in [-0.15, -0.1) is 0 Å². The van der Waals surface area contributed by atoms with Gasteiger partial charge in [-0.25, -0.2) is 0 Å². The van der Waals surface area contributed by atoms with Gasteiger partial charge in [0.1, 0.15) is 6.04 Å². The highest BCUT2D eigenvalue weighted by molar-refractivity contribution is 5.87. The SMILES string of the molecule is C[C@H]1COCCN1c1nc2n(c(=O)c1F)CC[C@@H](C(F)(F)F)N2CC(=O)C1CC1. The standard InChI is InChI=1S/C18H22F4N4O3/c1-10-9-29-7-6-24(10)15-14(19)16(28)25-5-4-13(18(20,21)22)26(17(25)23-15)8-12(27)11-2-3-11/h10-11,13H,2-9H2,1H3/t10-,13-/m0/s1. The number of hydrogen-bond acceptors (Lipinski definition) is 6. The van der Waals surface area contributed by atoms with Crippen LogP contribution in [0.25, 0.3) is 0 Å². The molecule has 0 unspecified atom stereocenters. The van der Waals surface area contributed by atoms with Crippen LogP contribution in [0.5, 0.6) is 0 Å². The van der Waals surface area contributed by atoms with Gasteiger partial charge in [0.25, 0.3) is 5.56 Å². The minimum Gasteiger partial charge on any atom is -0.377 e. The van der Waals surface area contributed by atoms with Gasteiger partial charge in [0.05, 0.1) is 25.8 Å². The molecule has 1 aromatic heterocycles. The minimum atomic E-state index is -4.60. The Balaban J connectivity index is 1.79. The number of anilines is 2. The molecular formula is C18H22F4N4O3. The second-order valence-electron chi connectivity index (χ2n) is 7.84. The molecule has 3 aliphatic rings. The second kappa shape index (κ2) is 7.26. The number of rotatable bonds is 4. The number of carbonyl (C=O) groups excluding carboxylic acids is 1. The van der Waals surface area contributed by atoms with Gasteiger partial charge in [0.15, 0.2) is 11.6 Å². The molecule has 2 fully saturated rings. The van der Waals surface area contributed by atoms with E-state index in [0.717, 1.165) is 9.47 Å². The van der Waals surface area contributed by atoms with Crippen LogP contribution < -0.4 is 15.4 Å². The zero-order valence-corrected chi connectivity index (χ0v) is 15.9. The largest absolute Gasteiger partial charge is 0.408 e. The Kier molecular flexibility index (Phi) is 5.04. The molecule has 1 saturated carbocycles. The third-order valence-corrected chi connectivity index (χ3v) is 5.71. The molecule has 0 aromatic carbocycles. The van der Waals surface area contributed by atoms with Crippen molar-refractivity contribution < 1.29 is 27.1 Å². The quantitative estimate of drug-likeness (QED) is 0.694. The highest BCUT2D eigenvalue weighted by Gasteiger charge is 2.48. The van der Waals surface area contributed by atoms with Crippen LogP contribution in [-0.2, 0) is 16.1 Å². The maximum absolute atomic E-state index is 14.8. The Morgan fingerprint density at radius 2 is 1.97 bits per heavy atom. The van der Waals surface area contributed by atoms with Gasteiger partial charge in [-0.05, 0) is 26.2 Å². The summed E-state index contributed by atoms with van der Waals surface area (Å²) in [6.45, 7) is 1.79. The number of hydrogen-bond donors (Lipinski definition) is 0. The van der Waals surface area contributed by atoms with Crippen LogP contribution in [0.2, 0.25) is 0 Å². The molecule has 1 aliphatic carbocycles. The van der Waals surface area contributed by atoms with Crippen LogP contribution in [-0.4, -0.2) is 59.9 Å². The number of alkyl halides is 3. The van der Waals surface area contributed by atoms with E-state index < -0.39 is 36.6 Å². The number of nitrogens with zero attached hydrogens (tertiary/aromatic N) is 4. The molecule has 1 aromatic rings. The van der Waals surface area contributed by atoms with E-state index in [-0.39, 0.29) is 49.2 Å². The molecule has 0 N–H and O–H groups in total. The molecule has 3 heterocycles. The van der Waals surface area contributed by atoms with E-state index in [2.05, 4.69) is 4.98 Å². The fraction of sp³-hybridized carbons (Fsp3) is 0.722. The monoisotopic (exact) mass is 418 g/mol. The van der Waals surface area contributed by atoms with E-state index in [4.69, 9.17) is 4.74 Å². The molecule has 1 saturated heterocycles. The van der Waals surface area contributed by atoms with Crippen molar-refractivity contribution in [2.75, 3.05) is 36.1 Å². The topological polar surface area (TPSA) is 67.7 Å². The maximum atomic E-state index is 14.8. The summed E-state index contributed by atoms with van der Waals surface area (Å²) in [4.78, 5) is 31.5. The van der Waals surface area contributed by atoms with Crippen molar-refractivity contribution in [3.05, 3.63) is 16.2 Å². The summed E-state index contributed by atoms with van der Waals surface area (Å²) in [5.74, 6) is -2.24. The molecule has 0 spiro atoms. The maximum Gasteiger partial charge on any atom is 0.408 e. The first-order valence-electron chi connectivity index (χ1n) is 9.69. The van der Waals surface area contributed by atoms with Gasteiger partial charge >= 0.3 is 6.18 Å². The van der Waals surface area contributed by atoms with Gasteiger partial charge < -0.3 is 14.5 Å². The molecule has 7 nitrogen and oxygen atoms in total. The predicted molar refractivity (Wildman–Crippen MR) is 95.6 cm³/mol. The van der Waals surface area contributed by atoms with Crippen molar-refractivity contribution in [3.8, 4) is 0 Å². The van der Waals surface area contributed by atoms with Crippen molar-refractivity contribution in [2.24, 2.45) is 5.92 Å². The smallest absolute Gasteiger partial charge is 0.377 e. The number of ketones is 1. The summed E-state index contributed by atoms with van der Waals surface area (Å²) >= 11 is 0. The van der Waals surface area contributed by atoms with E-state index in [1.165, 1.54) is 4.90 Å². The molecular weight excluding hydrogens is 396 g/mol. The molecule has 160 valence electrons. The van der Waals surface area contributed by atoms with Crippen molar-refractivity contribution in [1.82, 2.24) is 9.55 Å². The van der Waals surface area contributed by atoms with Crippen LogP contribution >= 0.6 is 0 Å². The number of ether oxygens (including phenoxy) is 1. The Bertz CT molecular complexity index is 868. The van der Waals surface area contributed by atoms with Gasteiger partial charge in [-0.2, -0.15) is 22.5 Å². The van der Waals surface area contributed by atoms with Gasteiger partial charge in [0.2, 0.25) is 11.8 Å². The zero-order valence-electron chi connectivity index (χ0n) is 15.9. The van der Waals surface area contributed by atoms with Crippen LogP contribution in [0.3, 0.4) is 0 Å². The third-order valence-electron chi connectivity index (χ3n) is 5.71. The fourth-order valence-electron chi connectivity index (χ4n) is 3.93. The van der Waals surface area contributed by atoms with Crippen molar-refractivity contribution in [1.29, 1.82) is 0 Å². The van der Waals surface area contributed by atoms with Crippen molar-refractivity contribution >= 4 is 17.5 Å². The number of aromatic nitrogens is 2. The first kappa shape index (κ1) is 20.1. The first-order chi connectivity index (χ1) is 13.7. The predicted octanol–water partition coefficient (Wildman–Crippen LogP) is 1.73. The number of carbonyl (C=O) groups is 1. The van der Waals surface area contributed by atoms with Crippen LogP contribution in [0.1, 0.15) is 26.2 Å². The highest BCUT2D eigenvalue weighted by atomic mass is 19.4. The van der Waals surface area contributed by atoms with E-state index in [9.17, 15) is 27.2 Å². The first-order valence-corrected chi connectivity index (χ1v) is 9.69. The summed E-state index contributed by atoms with van der Waals surface area (Å²) in [5, 5.41) is 0. The molecule has 29 heavy (non-hydrogen) atoms. The van der Waals surface area contributed by atoms with Crippen LogP contribution in [0, 0.1) is 11.7 Å². The Labute approximate surface area is 164 Å². The fourth-order valence-corrected chi connectivity index (χ4v) is 3.93. The van der Waals surface area contributed by atoms with Crippen LogP contribution in [0.4, 0.5) is 29.3 Å². The minimum absolute atomic E-state index is 0.245. The molecule has 0 bridgehead atoms. The molecule has 0 amide bonds. The van der Waals surface area contributed by atoms with E-state index in [1.807, 2.05) is 0 Å². The van der Waals surface area contributed by atoms with Gasteiger partial charge in [-0.1, -0.05) is 0 Å².